The Balaban J connectivity index is 1.90. The van der Waals surface area contributed by atoms with Crippen LogP contribution in [-0.4, -0.2) is 49.5 Å². The number of carbonyl (C=O) groups is 1. The van der Waals surface area contributed by atoms with Crippen LogP contribution in [0.1, 0.15) is 29.2 Å². The van der Waals surface area contributed by atoms with Crippen LogP contribution in [-0.2, 0) is 34.3 Å². The van der Waals surface area contributed by atoms with E-state index in [0.29, 0.717) is 18.7 Å². The first kappa shape index (κ1) is 21.3. The van der Waals surface area contributed by atoms with Gasteiger partial charge in [0.05, 0.1) is 12.9 Å². The van der Waals surface area contributed by atoms with Crippen LogP contribution in [0.15, 0.2) is 42.5 Å². The van der Waals surface area contributed by atoms with Crippen LogP contribution < -0.4 is 4.74 Å². The van der Waals surface area contributed by atoms with E-state index in [0.717, 1.165) is 22.3 Å². The van der Waals surface area contributed by atoms with E-state index in [9.17, 15) is 13.2 Å². The number of hydrogen-bond acceptors (Lipinski definition) is 4. The Morgan fingerprint density at radius 1 is 1.21 bits per heavy atom. The third-order valence-electron chi connectivity index (χ3n) is 5.43. The van der Waals surface area contributed by atoms with E-state index in [2.05, 4.69) is 0 Å². The molecule has 0 N–H and O–H groups in total. The van der Waals surface area contributed by atoms with Gasteiger partial charge in [-0.25, -0.2) is 8.42 Å². The number of benzene rings is 2. The lowest BCUT2D eigenvalue weighted by atomic mass is 9.95. The maximum Gasteiger partial charge on any atom is 0.241 e. The van der Waals surface area contributed by atoms with Gasteiger partial charge in [0.2, 0.25) is 15.9 Å². The molecular formula is C22H28N2O4S. The molecule has 7 heteroatoms. The van der Waals surface area contributed by atoms with Gasteiger partial charge >= 0.3 is 0 Å². The normalized spacial score (nSPS) is 16.9. The summed E-state index contributed by atoms with van der Waals surface area (Å²) in [7, 11) is -0.212. The number of carbonyl (C=O) groups excluding carboxylic acids is 1. The molecule has 1 amide bonds. The quantitative estimate of drug-likeness (QED) is 0.726. The van der Waals surface area contributed by atoms with Crippen molar-refractivity contribution in [2.45, 2.75) is 39.4 Å². The van der Waals surface area contributed by atoms with Crippen molar-refractivity contribution in [2.75, 3.05) is 19.9 Å². The van der Waals surface area contributed by atoms with E-state index in [1.54, 1.807) is 26.0 Å². The fourth-order valence-corrected chi connectivity index (χ4v) is 5.01. The first-order valence-electron chi connectivity index (χ1n) is 9.71. The summed E-state index contributed by atoms with van der Waals surface area (Å²) in [6.45, 7) is 4.17. The highest BCUT2D eigenvalue weighted by molar-refractivity contribution is 7.89. The van der Waals surface area contributed by atoms with Crippen molar-refractivity contribution in [3.63, 3.8) is 0 Å². The number of nitrogens with zero attached hydrogens (tertiary/aromatic N) is 2. The van der Waals surface area contributed by atoms with Gasteiger partial charge in [-0.1, -0.05) is 42.0 Å². The van der Waals surface area contributed by atoms with E-state index >= 15 is 0 Å². The number of hydrogen-bond donors (Lipinski definition) is 0. The van der Waals surface area contributed by atoms with Gasteiger partial charge < -0.3 is 9.64 Å². The number of methoxy groups -OCH3 is 1. The molecule has 156 valence electrons. The second kappa shape index (κ2) is 8.55. The number of sulfonamides is 1. The number of aryl methyl sites for hydroxylation is 1. The topological polar surface area (TPSA) is 66.9 Å². The molecule has 29 heavy (non-hydrogen) atoms. The number of ether oxygens (including phenoxy) is 1. The monoisotopic (exact) mass is 416 g/mol. The molecular weight excluding hydrogens is 388 g/mol. The molecule has 2 aromatic rings. The lowest BCUT2D eigenvalue weighted by molar-refractivity contribution is -0.135. The minimum atomic E-state index is -3.52. The summed E-state index contributed by atoms with van der Waals surface area (Å²) in [5.74, 6) is 0.469. The van der Waals surface area contributed by atoms with Gasteiger partial charge in [-0.2, -0.15) is 4.31 Å². The molecule has 0 saturated heterocycles. The van der Waals surface area contributed by atoms with Crippen LogP contribution in [0.2, 0.25) is 0 Å². The van der Waals surface area contributed by atoms with Crippen molar-refractivity contribution >= 4 is 15.9 Å². The van der Waals surface area contributed by atoms with Crippen molar-refractivity contribution in [1.82, 2.24) is 9.21 Å². The van der Waals surface area contributed by atoms with E-state index in [1.807, 2.05) is 49.4 Å². The van der Waals surface area contributed by atoms with E-state index in [-0.39, 0.29) is 18.2 Å². The maximum absolute atomic E-state index is 13.3. The zero-order chi connectivity index (χ0) is 21.2. The highest BCUT2D eigenvalue weighted by Crippen LogP contribution is 2.28. The Morgan fingerprint density at radius 3 is 2.55 bits per heavy atom. The Labute approximate surface area is 173 Å². The van der Waals surface area contributed by atoms with Gasteiger partial charge in [-0.05, 0) is 37.5 Å². The van der Waals surface area contributed by atoms with Crippen molar-refractivity contribution < 1.29 is 17.9 Å². The maximum atomic E-state index is 13.3. The molecule has 1 atom stereocenters. The van der Waals surface area contributed by atoms with Crippen molar-refractivity contribution in [3.05, 3.63) is 64.7 Å². The average molecular weight is 417 g/mol. The van der Waals surface area contributed by atoms with Crippen molar-refractivity contribution in [1.29, 1.82) is 0 Å². The Morgan fingerprint density at radius 2 is 1.90 bits per heavy atom. The Bertz CT molecular complexity index is 1000. The summed E-state index contributed by atoms with van der Waals surface area (Å²) >= 11 is 0. The van der Waals surface area contributed by atoms with E-state index < -0.39 is 16.1 Å². The Kier molecular flexibility index (Phi) is 6.29. The first-order chi connectivity index (χ1) is 13.8. The van der Waals surface area contributed by atoms with Crippen LogP contribution >= 0.6 is 0 Å². The summed E-state index contributed by atoms with van der Waals surface area (Å²) in [5, 5.41) is 0. The number of fused-ring (bicyclic) bond motifs is 1. The summed E-state index contributed by atoms with van der Waals surface area (Å²) in [6.07, 6.45) is 0.379. The second-order valence-electron chi connectivity index (χ2n) is 7.44. The molecule has 0 radical (unpaired) electrons. The molecule has 0 aromatic heterocycles. The average Bonchev–Trinajstić information content (AvgIpc) is 2.72. The smallest absolute Gasteiger partial charge is 0.241 e. The van der Waals surface area contributed by atoms with Crippen LogP contribution in [0, 0.1) is 6.92 Å². The summed E-state index contributed by atoms with van der Waals surface area (Å²) in [4.78, 5) is 14.9. The third kappa shape index (κ3) is 4.46. The number of rotatable bonds is 6. The SMILES string of the molecule is CCS(=O)(=O)N1Cc2ccccc2CC1C(=O)N(C)Cc1cc(C)ccc1OC. The molecule has 0 fully saturated rings. The van der Waals surface area contributed by atoms with Crippen molar-refractivity contribution in [3.8, 4) is 5.75 Å². The molecule has 2 aromatic carbocycles. The van der Waals surface area contributed by atoms with Crippen LogP contribution in [0.4, 0.5) is 0 Å². The molecule has 1 aliphatic heterocycles. The molecule has 0 aliphatic carbocycles. The van der Waals surface area contributed by atoms with Gasteiger partial charge in [0.15, 0.2) is 0 Å². The summed E-state index contributed by atoms with van der Waals surface area (Å²) in [6, 6.07) is 12.8. The van der Waals surface area contributed by atoms with Crippen LogP contribution in [0.5, 0.6) is 5.75 Å². The largest absolute Gasteiger partial charge is 0.496 e. The predicted molar refractivity (Wildman–Crippen MR) is 113 cm³/mol. The van der Waals surface area contributed by atoms with E-state index in [1.165, 1.54) is 4.31 Å². The molecule has 0 bridgehead atoms. The van der Waals surface area contributed by atoms with Gasteiger partial charge in [-0.15, -0.1) is 0 Å². The van der Waals surface area contributed by atoms with Gasteiger partial charge in [0, 0.05) is 25.7 Å². The highest BCUT2D eigenvalue weighted by Gasteiger charge is 2.39. The van der Waals surface area contributed by atoms with Crippen molar-refractivity contribution in [2.24, 2.45) is 0 Å². The lowest BCUT2D eigenvalue weighted by Crippen LogP contribution is -2.53. The molecule has 1 aliphatic rings. The summed E-state index contributed by atoms with van der Waals surface area (Å²) in [5.41, 5.74) is 3.94. The van der Waals surface area contributed by atoms with Gasteiger partial charge in [-0.3, -0.25) is 4.79 Å². The minimum Gasteiger partial charge on any atom is -0.496 e. The summed E-state index contributed by atoms with van der Waals surface area (Å²) < 4.78 is 32.3. The zero-order valence-corrected chi connectivity index (χ0v) is 18.2. The molecule has 0 spiro atoms. The van der Waals surface area contributed by atoms with Gasteiger partial charge in [0.25, 0.3) is 0 Å². The fraction of sp³-hybridized carbons (Fsp3) is 0.409. The predicted octanol–water partition coefficient (Wildman–Crippen LogP) is 2.74. The van der Waals surface area contributed by atoms with E-state index in [4.69, 9.17) is 4.74 Å². The highest BCUT2D eigenvalue weighted by atomic mass is 32.2. The third-order valence-corrected chi connectivity index (χ3v) is 7.26. The molecule has 6 nitrogen and oxygen atoms in total. The molecule has 0 saturated carbocycles. The standard InChI is InChI=1S/C22H28N2O4S/c1-5-29(26,27)24-15-18-9-7-6-8-17(18)13-20(24)22(25)23(3)14-19-12-16(2)10-11-21(19)28-4/h6-12,20H,5,13-15H2,1-4H3. The van der Waals surface area contributed by atoms with Crippen LogP contribution in [0.3, 0.4) is 0 Å². The lowest BCUT2D eigenvalue weighted by Gasteiger charge is -2.36. The number of amides is 1. The molecule has 1 heterocycles. The molecule has 1 unspecified atom stereocenters. The van der Waals surface area contributed by atoms with Crippen LogP contribution in [0.25, 0.3) is 0 Å². The number of likely N-dealkylation sites (N-methyl/N-ethyl adjacent to an activating group) is 1. The Hall–Kier alpha value is -2.38. The zero-order valence-electron chi connectivity index (χ0n) is 17.4. The van der Waals surface area contributed by atoms with Gasteiger partial charge in [0.1, 0.15) is 11.8 Å². The molecule has 3 rings (SSSR count). The second-order valence-corrected chi connectivity index (χ2v) is 9.65. The first-order valence-corrected chi connectivity index (χ1v) is 11.3. The minimum absolute atomic E-state index is 0.0334. The fourth-order valence-electron chi connectivity index (χ4n) is 3.79.